The second kappa shape index (κ2) is 1.97. The molecule has 1 aromatic rings. The molecule has 0 aliphatic rings. The van der Waals surface area contributed by atoms with Crippen molar-refractivity contribution >= 4 is 27.3 Å². The Morgan fingerprint density at radius 1 is 1.86 bits per heavy atom. The quantitative estimate of drug-likeness (QED) is 0.569. The van der Waals surface area contributed by atoms with Crippen molar-refractivity contribution in [1.82, 2.24) is 0 Å². The first-order chi connectivity index (χ1) is 3.29. The molecule has 1 aromatic heterocycles. The lowest BCUT2D eigenvalue weighted by Gasteiger charge is -1.68. The number of thiophene rings is 1. The fraction of sp³-hybridized carbons (Fsp3) is 0.200. The molecule has 0 N–H and O–H groups in total. The maximum Gasteiger partial charge on any atom is 0.0708 e. The van der Waals surface area contributed by atoms with Gasteiger partial charge in [0.2, 0.25) is 0 Å². The maximum absolute atomic E-state index is 3.32. The maximum atomic E-state index is 3.32. The summed E-state index contributed by atoms with van der Waals surface area (Å²) in [6.07, 6.45) is 0. The van der Waals surface area contributed by atoms with Gasteiger partial charge in [0.05, 0.1) is 3.79 Å². The van der Waals surface area contributed by atoms with E-state index in [4.69, 9.17) is 0 Å². The van der Waals surface area contributed by atoms with E-state index in [1.54, 1.807) is 11.3 Å². The molecule has 0 nitrogen and oxygen atoms in total. The summed E-state index contributed by atoms with van der Waals surface area (Å²) < 4.78 is 1.16. The van der Waals surface area contributed by atoms with Crippen LogP contribution in [0.25, 0.3) is 0 Å². The molecule has 1 rings (SSSR count). The predicted octanol–water partition coefficient (Wildman–Crippen LogP) is 2.62. The average Bonchev–Trinajstić information content (AvgIpc) is 1.87. The monoisotopic (exact) mass is 175 g/mol. The number of hydrogen-bond donors (Lipinski definition) is 0. The standard InChI is InChI=1S/C5H4BrS/c1-4-2-5(6)7-3-4/h2H,1H3. The third kappa shape index (κ3) is 1.28. The predicted molar refractivity (Wildman–Crippen MR) is 35.6 cm³/mol. The number of hydrogen-bond acceptors (Lipinski definition) is 1. The molecule has 0 unspecified atom stereocenters. The van der Waals surface area contributed by atoms with Crippen molar-refractivity contribution in [2.45, 2.75) is 6.92 Å². The molecule has 0 fully saturated rings. The Morgan fingerprint density at radius 2 is 2.57 bits per heavy atom. The minimum atomic E-state index is 1.16. The highest BCUT2D eigenvalue weighted by atomic mass is 79.9. The lowest BCUT2D eigenvalue weighted by molar-refractivity contribution is 1.54. The fourth-order valence-electron chi connectivity index (χ4n) is 0.358. The van der Waals surface area contributed by atoms with Crippen molar-refractivity contribution in [2.24, 2.45) is 0 Å². The second-order valence-corrected chi connectivity index (χ2v) is 3.56. The van der Waals surface area contributed by atoms with E-state index >= 15 is 0 Å². The molecule has 0 atom stereocenters. The van der Waals surface area contributed by atoms with Gasteiger partial charge < -0.3 is 0 Å². The lowest BCUT2D eigenvalue weighted by Crippen LogP contribution is -1.50. The molecule has 37 valence electrons. The van der Waals surface area contributed by atoms with Crippen LogP contribution in [-0.2, 0) is 0 Å². The van der Waals surface area contributed by atoms with Crippen molar-refractivity contribution in [3.05, 3.63) is 20.8 Å². The van der Waals surface area contributed by atoms with Crippen LogP contribution in [0.3, 0.4) is 0 Å². The van der Waals surface area contributed by atoms with Crippen molar-refractivity contribution in [3.8, 4) is 0 Å². The van der Waals surface area contributed by atoms with E-state index in [-0.39, 0.29) is 0 Å². The summed E-state index contributed by atoms with van der Waals surface area (Å²) >= 11 is 4.92. The Kier molecular flexibility index (Phi) is 1.50. The highest BCUT2D eigenvalue weighted by Gasteiger charge is 1.87. The van der Waals surface area contributed by atoms with Gasteiger partial charge in [-0.25, -0.2) is 0 Å². The molecule has 1 radical (unpaired) electrons. The smallest absolute Gasteiger partial charge is 0.0708 e. The Hall–Kier alpha value is 0.180. The number of halogens is 1. The van der Waals surface area contributed by atoms with Crippen LogP contribution in [-0.4, -0.2) is 0 Å². The summed E-state index contributed by atoms with van der Waals surface area (Å²) in [5, 5.41) is 3.06. The molecule has 0 aromatic carbocycles. The van der Waals surface area contributed by atoms with Gasteiger partial charge in [0.15, 0.2) is 0 Å². The zero-order valence-electron chi connectivity index (χ0n) is 3.86. The number of rotatable bonds is 0. The van der Waals surface area contributed by atoms with Crippen LogP contribution in [0.15, 0.2) is 9.85 Å². The fourth-order valence-corrected chi connectivity index (χ4v) is 1.50. The van der Waals surface area contributed by atoms with Crippen LogP contribution in [0, 0.1) is 12.3 Å². The van der Waals surface area contributed by atoms with Gasteiger partial charge in [-0.1, -0.05) is 0 Å². The van der Waals surface area contributed by atoms with Crippen molar-refractivity contribution in [3.63, 3.8) is 0 Å². The first-order valence-corrected chi connectivity index (χ1v) is 3.53. The molecule has 2 heteroatoms. The molecule has 0 aliphatic carbocycles. The average molecular weight is 176 g/mol. The Bertz CT molecular complexity index is 140. The van der Waals surface area contributed by atoms with Gasteiger partial charge in [-0.3, -0.25) is 0 Å². The van der Waals surface area contributed by atoms with Crippen molar-refractivity contribution in [2.75, 3.05) is 0 Å². The minimum absolute atomic E-state index is 1.16. The summed E-state index contributed by atoms with van der Waals surface area (Å²) in [5.41, 5.74) is 1.21. The molecule has 1 heterocycles. The Balaban J connectivity index is 3.04. The van der Waals surface area contributed by atoms with E-state index in [2.05, 4.69) is 21.3 Å². The van der Waals surface area contributed by atoms with E-state index < -0.39 is 0 Å². The molecule has 0 aliphatic heterocycles. The zero-order valence-corrected chi connectivity index (χ0v) is 6.27. The minimum Gasteiger partial charge on any atom is -0.127 e. The molecule has 7 heavy (non-hydrogen) atoms. The normalized spacial score (nSPS) is 9.43. The summed E-state index contributed by atoms with van der Waals surface area (Å²) in [4.78, 5) is 0. The Labute approximate surface area is 55.3 Å². The molecule has 0 spiro atoms. The molecular formula is C5H4BrS. The van der Waals surface area contributed by atoms with E-state index in [1.807, 2.05) is 13.0 Å². The third-order valence-electron chi connectivity index (χ3n) is 0.640. The second-order valence-electron chi connectivity index (χ2n) is 1.34. The van der Waals surface area contributed by atoms with Crippen LogP contribution < -0.4 is 0 Å². The lowest BCUT2D eigenvalue weighted by atomic mass is 10.4. The van der Waals surface area contributed by atoms with Crippen LogP contribution in [0.2, 0.25) is 0 Å². The van der Waals surface area contributed by atoms with Gasteiger partial charge >= 0.3 is 0 Å². The van der Waals surface area contributed by atoms with Crippen LogP contribution in [0.4, 0.5) is 0 Å². The highest BCUT2D eigenvalue weighted by Crippen LogP contribution is 2.18. The summed E-state index contributed by atoms with van der Waals surface area (Å²) in [5.74, 6) is 0. The van der Waals surface area contributed by atoms with Crippen molar-refractivity contribution < 1.29 is 0 Å². The SMILES string of the molecule is Cc1[c]sc(Br)c1. The highest BCUT2D eigenvalue weighted by molar-refractivity contribution is 9.11. The molecule has 0 bridgehead atoms. The molecule has 0 amide bonds. The molecule has 0 saturated heterocycles. The van der Waals surface area contributed by atoms with Gasteiger partial charge in [-0.15, -0.1) is 11.3 Å². The topological polar surface area (TPSA) is 0 Å². The van der Waals surface area contributed by atoms with Crippen molar-refractivity contribution in [1.29, 1.82) is 0 Å². The first kappa shape index (κ1) is 5.32. The first-order valence-electron chi connectivity index (χ1n) is 1.92. The zero-order chi connectivity index (χ0) is 5.28. The van der Waals surface area contributed by atoms with Gasteiger partial charge in [-0.2, -0.15) is 0 Å². The van der Waals surface area contributed by atoms with Gasteiger partial charge in [-0.05, 0) is 34.5 Å². The van der Waals surface area contributed by atoms with E-state index in [1.165, 1.54) is 5.56 Å². The van der Waals surface area contributed by atoms with E-state index in [9.17, 15) is 0 Å². The largest absolute Gasteiger partial charge is 0.127 e. The summed E-state index contributed by atoms with van der Waals surface area (Å²) in [6, 6.07) is 2.05. The molecular weight excluding hydrogens is 172 g/mol. The van der Waals surface area contributed by atoms with Crippen LogP contribution in [0.1, 0.15) is 5.56 Å². The summed E-state index contributed by atoms with van der Waals surface area (Å²) in [6.45, 7) is 2.03. The van der Waals surface area contributed by atoms with E-state index in [0.717, 1.165) is 3.79 Å². The van der Waals surface area contributed by atoms with E-state index in [0.29, 0.717) is 0 Å². The third-order valence-corrected chi connectivity index (χ3v) is 2.09. The van der Waals surface area contributed by atoms with Crippen LogP contribution in [0.5, 0.6) is 0 Å². The van der Waals surface area contributed by atoms with Gasteiger partial charge in [0, 0.05) is 5.38 Å². The number of aryl methyl sites for hydroxylation is 1. The summed E-state index contributed by atoms with van der Waals surface area (Å²) in [7, 11) is 0. The van der Waals surface area contributed by atoms with Crippen LogP contribution >= 0.6 is 27.3 Å². The van der Waals surface area contributed by atoms with Gasteiger partial charge in [0.25, 0.3) is 0 Å². The molecule has 0 saturated carbocycles. The van der Waals surface area contributed by atoms with Gasteiger partial charge in [0.1, 0.15) is 0 Å². The Morgan fingerprint density at radius 3 is 2.71 bits per heavy atom.